The first-order valence-corrected chi connectivity index (χ1v) is 4.58. The Bertz CT molecular complexity index is 540. The Kier molecular flexibility index (Phi) is 1.50. The highest BCUT2D eigenvalue weighted by atomic mass is 15.3. The van der Waals surface area contributed by atoms with Crippen LogP contribution in [0.15, 0.2) is 46.5 Å². The van der Waals surface area contributed by atoms with Crippen LogP contribution in [0.4, 0.5) is 0 Å². The Morgan fingerprint density at radius 3 is 3.14 bits per heavy atom. The van der Waals surface area contributed by atoms with Gasteiger partial charge in [-0.15, -0.1) is 0 Å². The van der Waals surface area contributed by atoms with Gasteiger partial charge in [-0.1, -0.05) is 18.2 Å². The molecular formula is C11H9N3. The number of guanidine groups is 1. The second kappa shape index (κ2) is 2.80. The highest BCUT2D eigenvalue weighted by Gasteiger charge is 2.11. The van der Waals surface area contributed by atoms with Crippen molar-refractivity contribution in [2.45, 2.75) is 0 Å². The monoisotopic (exact) mass is 183 g/mol. The fourth-order valence-electron chi connectivity index (χ4n) is 1.61. The van der Waals surface area contributed by atoms with Crippen molar-refractivity contribution >= 4 is 12.2 Å². The summed E-state index contributed by atoms with van der Waals surface area (Å²) < 4.78 is 0. The first-order valence-electron chi connectivity index (χ1n) is 4.58. The largest absolute Gasteiger partial charge is 0.313 e. The molecule has 0 aliphatic carbocycles. The molecule has 3 heteroatoms. The number of hydrogen-bond donors (Lipinski definition) is 0. The SMILES string of the molecule is C1=CN=C2N=c3ccccc3=CN2C1. The Morgan fingerprint density at radius 1 is 1.21 bits per heavy atom. The standard InChI is InChI=1S/C11H9N3/c1-2-5-10-9(4-1)8-14-7-3-6-12-11(14)13-10/h1-6,8H,7H2. The minimum absolute atomic E-state index is 0.784. The summed E-state index contributed by atoms with van der Waals surface area (Å²) in [6.07, 6.45) is 5.91. The fraction of sp³-hybridized carbons (Fsp3) is 0.0909. The van der Waals surface area contributed by atoms with Gasteiger partial charge in [0.25, 0.3) is 0 Å². The van der Waals surface area contributed by atoms with Crippen LogP contribution in [0.1, 0.15) is 0 Å². The molecule has 0 radical (unpaired) electrons. The van der Waals surface area contributed by atoms with Crippen LogP contribution in [-0.4, -0.2) is 17.4 Å². The molecule has 3 nitrogen and oxygen atoms in total. The number of benzene rings is 1. The van der Waals surface area contributed by atoms with Gasteiger partial charge >= 0.3 is 0 Å². The summed E-state index contributed by atoms with van der Waals surface area (Å²) in [6, 6.07) is 8.08. The van der Waals surface area contributed by atoms with Gasteiger partial charge in [0, 0.05) is 24.2 Å². The molecule has 0 saturated carbocycles. The molecule has 2 heterocycles. The van der Waals surface area contributed by atoms with E-state index in [4.69, 9.17) is 0 Å². The highest BCUT2D eigenvalue weighted by molar-refractivity contribution is 5.86. The van der Waals surface area contributed by atoms with Crippen molar-refractivity contribution in [2.24, 2.45) is 9.98 Å². The smallest absolute Gasteiger partial charge is 0.230 e. The molecule has 2 aliphatic heterocycles. The summed E-state index contributed by atoms with van der Waals surface area (Å²) in [6.45, 7) is 0.858. The molecule has 2 aliphatic rings. The quantitative estimate of drug-likeness (QED) is 0.566. The van der Waals surface area contributed by atoms with E-state index in [-0.39, 0.29) is 0 Å². The van der Waals surface area contributed by atoms with Crippen molar-refractivity contribution in [3.63, 3.8) is 0 Å². The van der Waals surface area contributed by atoms with E-state index < -0.39 is 0 Å². The van der Waals surface area contributed by atoms with Crippen molar-refractivity contribution in [1.29, 1.82) is 0 Å². The number of aliphatic imine (C=N–C) groups is 1. The molecule has 0 N–H and O–H groups in total. The van der Waals surface area contributed by atoms with E-state index in [0.717, 1.165) is 23.1 Å². The van der Waals surface area contributed by atoms with Gasteiger partial charge in [0.1, 0.15) is 0 Å². The van der Waals surface area contributed by atoms with Crippen molar-refractivity contribution < 1.29 is 0 Å². The second-order valence-electron chi connectivity index (χ2n) is 3.27. The number of fused-ring (bicyclic) bond motifs is 2. The fourth-order valence-corrected chi connectivity index (χ4v) is 1.61. The van der Waals surface area contributed by atoms with Crippen LogP contribution in [0.2, 0.25) is 0 Å². The van der Waals surface area contributed by atoms with E-state index in [1.807, 2.05) is 29.2 Å². The van der Waals surface area contributed by atoms with Crippen LogP contribution in [0.3, 0.4) is 0 Å². The number of nitrogens with zero attached hydrogens (tertiary/aromatic N) is 3. The maximum atomic E-state index is 4.46. The van der Waals surface area contributed by atoms with Crippen molar-refractivity contribution in [3.8, 4) is 0 Å². The highest BCUT2D eigenvalue weighted by Crippen LogP contribution is 2.03. The van der Waals surface area contributed by atoms with Crippen LogP contribution < -0.4 is 10.6 Å². The van der Waals surface area contributed by atoms with E-state index in [1.54, 1.807) is 6.20 Å². The topological polar surface area (TPSA) is 28.0 Å². The average molecular weight is 183 g/mol. The Morgan fingerprint density at radius 2 is 2.14 bits per heavy atom. The molecule has 0 unspecified atom stereocenters. The van der Waals surface area contributed by atoms with Gasteiger partial charge in [-0.05, 0) is 12.1 Å². The van der Waals surface area contributed by atoms with Crippen LogP contribution in [-0.2, 0) is 0 Å². The summed E-state index contributed by atoms with van der Waals surface area (Å²) >= 11 is 0. The first-order chi connectivity index (χ1) is 6.93. The number of hydrogen-bond acceptors (Lipinski definition) is 3. The zero-order valence-corrected chi connectivity index (χ0v) is 7.59. The predicted octanol–water partition coefficient (Wildman–Crippen LogP) is 0.243. The zero-order valence-electron chi connectivity index (χ0n) is 7.59. The molecule has 0 fully saturated rings. The first kappa shape index (κ1) is 7.50. The van der Waals surface area contributed by atoms with Gasteiger partial charge in [0.05, 0.1) is 5.36 Å². The number of rotatable bonds is 0. The van der Waals surface area contributed by atoms with Gasteiger partial charge in [-0.25, -0.2) is 9.98 Å². The third-order valence-corrected chi connectivity index (χ3v) is 2.31. The van der Waals surface area contributed by atoms with E-state index in [2.05, 4.69) is 22.3 Å². The maximum absolute atomic E-state index is 4.46. The molecule has 0 bridgehead atoms. The molecule has 3 rings (SSSR count). The Labute approximate surface area is 81.4 Å². The van der Waals surface area contributed by atoms with Crippen molar-refractivity contribution in [2.75, 3.05) is 6.54 Å². The summed E-state index contributed by atoms with van der Waals surface area (Å²) in [5, 5.41) is 2.15. The Hall–Kier alpha value is -1.90. The zero-order chi connectivity index (χ0) is 9.38. The molecular weight excluding hydrogens is 174 g/mol. The maximum Gasteiger partial charge on any atom is 0.230 e. The average Bonchev–Trinajstić information content (AvgIpc) is 2.26. The summed E-state index contributed by atoms with van der Waals surface area (Å²) in [5.41, 5.74) is 0. The third-order valence-electron chi connectivity index (χ3n) is 2.31. The lowest BCUT2D eigenvalue weighted by molar-refractivity contribution is 0.643. The third kappa shape index (κ3) is 1.06. The van der Waals surface area contributed by atoms with Gasteiger partial charge < -0.3 is 4.90 Å². The molecule has 0 spiro atoms. The molecule has 1 aromatic carbocycles. The predicted molar refractivity (Wildman–Crippen MR) is 55.0 cm³/mol. The lowest BCUT2D eigenvalue weighted by Crippen LogP contribution is -2.39. The van der Waals surface area contributed by atoms with E-state index in [1.165, 1.54) is 0 Å². The minimum atomic E-state index is 0.784. The summed E-state index contributed by atoms with van der Waals surface area (Å²) in [7, 11) is 0. The molecule has 0 atom stereocenters. The van der Waals surface area contributed by atoms with Crippen LogP contribution in [0.25, 0.3) is 6.20 Å². The van der Waals surface area contributed by atoms with Gasteiger partial charge in [-0.2, -0.15) is 0 Å². The minimum Gasteiger partial charge on any atom is -0.313 e. The van der Waals surface area contributed by atoms with E-state index >= 15 is 0 Å². The van der Waals surface area contributed by atoms with Crippen molar-refractivity contribution in [1.82, 2.24) is 4.90 Å². The molecule has 14 heavy (non-hydrogen) atoms. The lowest BCUT2D eigenvalue weighted by atomic mass is 10.2. The van der Waals surface area contributed by atoms with Crippen molar-refractivity contribution in [3.05, 3.63) is 47.1 Å². The van der Waals surface area contributed by atoms with E-state index in [9.17, 15) is 0 Å². The molecule has 0 saturated heterocycles. The summed E-state index contributed by atoms with van der Waals surface area (Å²) in [5.74, 6) is 0.784. The van der Waals surface area contributed by atoms with Crippen LogP contribution in [0, 0.1) is 0 Å². The van der Waals surface area contributed by atoms with Gasteiger partial charge in [0.2, 0.25) is 5.96 Å². The normalized spacial score (nSPS) is 17.4. The van der Waals surface area contributed by atoms with Gasteiger partial charge in [-0.3, -0.25) is 0 Å². The second-order valence-corrected chi connectivity index (χ2v) is 3.27. The Balaban J connectivity index is 2.29. The van der Waals surface area contributed by atoms with Crippen LogP contribution >= 0.6 is 0 Å². The molecule has 68 valence electrons. The van der Waals surface area contributed by atoms with Gasteiger partial charge in [0.15, 0.2) is 0 Å². The molecule has 0 aromatic heterocycles. The summed E-state index contributed by atoms with van der Waals surface area (Å²) in [4.78, 5) is 10.7. The van der Waals surface area contributed by atoms with Crippen LogP contribution in [0.5, 0.6) is 0 Å². The lowest BCUT2D eigenvalue weighted by Gasteiger charge is -2.21. The number of para-hydroxylation sites is 1. The molecule has 1 aromatic rings. The molecule has 0 amide bonds. The van der Waals surface area contributed by atoms with E-state index in [0.29, 0.717) is 0 Å².